The Kier molecular flexibility index (Phi) is 3.74. The Bertz CT molecular complexity index is 501. The average molecular weight is 275 g/mol. The number of thioether (sulfide) groups is 1. The predicted octanol–water partition coefficient (Wildman–Crippen LogP) is 3.98. The van der Waals surface area contributed by atoms with Crippen molar-refractivity contribution in [2.45, 2.75) is 17.9 Å². The number of hydrogen-bond donors (Lipinski definition) is 0. The first-order valence-corrected chi connectivity index (χ1v) is 6.26. The average Bonchev–Trinajstić information content (AvgIpc) is 2.63. The summed E-state index contributed by atoms with van der Waals surface area (Å²) in [5, 5.41) is 9.46. The van der Waals surface area contributed by atoms with E-state index in [1.807, 2.05) is 12.1 Å². The van der Waals surface area contributed by atoms with Crippen LogP contribution in [0.2, 0.25) is 10.0 Å². The molecule has 1 aromatic heterocycles. The summed E-state index contributed by atoms with van der Waals surface area (Å²) in [6.07, 6.45) is 0. The highest BCUT2D eigenvalue weighted by atomic mass is 35.5. The predicted molar refractivity (Wildman–Crippen MR) is 65.1 cm³/mol. The first kappa shape index (κ1) is 11.8. The Labute approximate surface area is 107 Å². The molecule has 0 atom stereocenters. The molecular weight excluding hydrogens is 267 g/mol. The molecule has 0 aliphatic heterocycles. The van der Waals surface area contributed by atoms with Gasteiger partial charge < -0.3 is 4.42 Å². The molecule has 0 saturated carbocycles. The zero-order valence-corrected chi connectivity index (χ0v) is 10.7. The summed E-state index contributed by atoms with van der Waals surface area (Å²) in [7, 11) is 0. The van der Waals surface area contributed by atoms with Gasteiger partial charge in [0.15, 0.2) is 0 Å². The molecule has 2 aromatic rings. The zero-order chi connectivity index (χ0) is 11.5. The van der Waals surface area contributed by atoms with Crippen LogP contribution in [0.5, 0.6) is 0 Å². The van der Waals surface area contributed by atoms with E-state index in [0.717, 1.165) is 5.56 Å². The molecule has 2 rings (SSSR count). The number of nitrogens with zero attached hydrogens (tertiary/aromatic N) is 2. The van der Waals surface area contributed by atoms with E-state index in [2.05, 4.69) is 10.2 Å². The first-order valence-electron chi connectivity index (χ1n) is 4.52. The fourth-order valence-electron chi connectivity index (χ4n) is 1.11. The fraction of sp³-hybridized carbons (Fsp3) is 0.200. The maximum Gasteiger partial charge on any atom is 0.276 e. The van der Waals surface area contributed by atoms with Gasteiger partial charge in [0.05, 0.1) is 0 Å². The number of aromatic nitrogens is 2. The minimum absolute atomic E-state index is 0.545. The topological polar surface area (TPSA) is 38.9 Å². The van der Waals surface area contributed by atoms with Gasteiger partial charge in [0.1, 0.15) is 0 Å². The largest absolute Gasteiger partial charge is 0.416 e. The monoisotopic (exact) mass is 274 g/mol. The molecule has 0 spiro atoms. The molecule has 0 N–H and O–H groups in total. The number of aryl methyl sites for hydroxylation is 1. The van der Waals surface area contributed by atoms with Gasteiger partial charge in [-0.05, 0) is 17.7 Å². The standard InChI is InChI=1S/C10H8Cl2N2OS/c1-6-13-14-10(15-6)16-5-7-2-3-8(11)4-9(7)12/h2-4H,5H2,1H3. The van der Waals surface area contributed by atoms with Crippen LogP contribution >= 0.6 is 35.0 Å². The third kappa shape index (κ3) is 2.90. The Morgan fingerprint density at radius 3 is 2.75 bits per heavy atom. The van der Waals surface area contributed by atoms with Crippen molar-refractivity contribution in [1.82, 2.24) is 10.2 Å². The van der Waals surface area contributed by atoms with Gasteiger partial charge in [0.25, 0.3) is 5.22 Å². The van der Waals surface area contributed by atoms with Crippen molar-refractivity contribution in [3.05, 3.63) is 39.7 Å². The van der Waals surface area contributed by atoms with E-state index in [1.54, 1.807) is 13.0 Å². The number of hydrogen-bond acceptors (Lipinski definition) is 4. The lowest BCUT2D eigenvalue weighted by molar-refractivity contribution is 0.429. The second-order valence-corrected chi connectivity index (χ2v) is 4.88. The van der Waals surface area contributed by atoms with Crippen LogP contribution in [0.4, 0.5) is 0 Å². The Morgan fingerprint density at radius 2 is 2.12 bits per heavy atom. The lowest BCUT2D eigenvalue weighted by atomic mass is 10.2. The van der Waals surface area contributed by atoms with E-state index in [4.69, 9.17) is 27.6 Å². The summed E-state index contributed by atoms with van der Waals surface area (Å²) < 4.78 is 5.24. The minimum Gasteiger partial charge on any atom is -0.416 e. The highest BCUT2D eigenvalue weighted by molar-refractivity contribution is 7.98. The zero-order valence-electron chi connectivity index (χ0n) is 8.41. The van der Waals surface area contributed by atoms with Gasteiger partial charge in [0.2, 0.25) is 5.89 Å². The molecule has 0 amide bonds. The maximum absolute atomic E-state index is 6.04. The molecule has 0 aliphatic carbocycles. The molecule has 0 bridgehead atoms. The normalized spacial score (nSPS) is 10.7. The Morgan fingerprint density at radius 1 is 1.31 bits per heavy atom. The summed E-state index contributed by atoms with van der Waals surface area (Å²) in [6, 6.07) is 5.42. The number of halogens is 2. The molecule has 0 aliphatic rings. The van der Waals surface area contributed by atoms with Crippen molar-refractivity contribution < 1.29 is 4.42 Å². The Balaban J connectivity index is 2.04. The SMILES string of the molecule is Cc1nnc(SCc2ccc(Cl)cc2Cl)o1. The third-order valence-electron chi connectivity index (χ3n) is 1.87. The molecule has 3 nitrogen and oxygen atoms in total. The fourth-order valence-corrected chi connectivity index (χ4v) is 2.48. The van der Waals surface area contributed by atoms with Crippen LogP contribution < -0.4 is 0 Å². The summed E-state index contributed by atoms with van der Waals surface area (Å²) in [5.41, 5.74) is 0.993. The first-order chi connectivity index (χ1) is 7.65. The van der Waals surface area contributed by atoms with Gasteiger partial charge in [-0.2, -0.15) is 0 Å². The molecule has 0 fully saturated rings. The van der Waals surface area contributed by atoms with Gasteiger partial charge in [-0.1, -0.05) is 41.0 Å². The minimum atomic E-state index is 0.545. The van der Waals surface area contributed by atoms with E-state index < -0.39 is 0 Å². The van der Waals surface area contributed by atoms with Crippen molar-refractivity contribution in [2.24, 2.45) is 0 Å². The molecule has 16 heavy (non-hydrogen) atoms. The van der Waals surface area contributed by atoms with Gasteiger partial charge in [-0.15, -0.1) is 10.2 Å². The van der Waals surface area contributed by atoms with Crippen LogP contribution in [0.1, 0.15) is 11.5 Å². The van der Waals surface area contributed by atoms with Gasteiger partial charge in [-0.3, -0.25) is 0 Å². The van der Waals surface area contributed by atoms with E-state index in [9.17, 15) is 0 Å². The maximum atomic E-state index is 6.04. The lowest BCUT2D eigenvalue weighted by Gasteiger charge is -2.01. The van der Waals surface area contributed by atoms with Crippen molar-refractivity contribution >= 4 is 35.0 Å². The van der Waals surface area contributed by atoms with E-state index in [-0.39, 0.29) is 0 Å². The van der Waals surface area contributed by atoms with Crippen molar-refractivity contribution in [3.8, 4) is 0 Å². The Hall–Kier alpha value is -0.710. The van der Waals surface area contributed by atoms with Crippen LogP contribution in [0.15, 0.2) is 27.8 Å². The molecule has 0 radical (unpaired) electrons. The summed E-state index contributed by atoms with van der Waals surface area (Å²) in [4.78, 5) is 0. The van der Waals surface area contributed by atoms with Gasteiger partial charge in [-0.25, -0.2) is 0 Å². The lowest BCUT2D eigenvalue weighted by Crippen LogP contribution is -1.82. The van der Waals surface area contributed by atoms with Crippen LogP contribution in [0.3, 0.4) is 0 Å². The van der Waals surface area contributed by atoms with Crippen LogP contribution in [-0.4, -0.2) is 10.2 Å². The van der Waals surface area contributed by atoms with Crippen molar-refractivity contribution in [2.75, 3.05) is 0 Å². The van der Waals surface area contributed by atoms with Crippen LogP contribution in [0, 0.1) is 6.92 Å². The molecule has 0 saturated heterocycles. The highest BCUT2D eigenvalue weighted by Gasteiger charge is 2.06. The van der Waals surface area contributed by atoms with Crippen molar-refractivity contribution in [3.63, 3.8) is 0 Å². The van der Waals surface area contributed by atoms with Crippen molar-refractivity contribution in [1.29, 1.82) is 0 Å². The number of rotatable bonds is 3. The second kappa shape index (κ2) is 5.08. The molecule has 84 valence electrons. The molecule has 6 heteroatoms. The van der Waals surface area contributed by atoms with E-state index >= 15 is 0 Å². The van der Waals surface area contributed by atoms with Crippen LogP contribution in [-0.2, 0) is 5.75 Å². The molecule has 0 unspecified atom stereocenters. The van der Waals surface area contributed by atoms with Gasteiger partial charge in [0, 0.05) is 22.7 Å². The summed E-state index contributed by atoms with van der Waals surface area (Å²) >= 11 is 13.3. The molecule has 1 aromatic carbocycles. The van der Waals surface area contributed by atoms with Crippen LogP contribution in [0.25, 0.3) is 0 Å². The summed E-state index contributed by atoms with van der Waals surface area (Å²) in [6.45, 7) is 1.76. The summed E-state index contributed by atoms with van der Waals surface area (Å²) in [5.74, 6) is 1.24. The van der Waals surface area contributed by atoms with E-state index in [1.165, 1.54) is 11.8 Å². The number of benzene rings is 1. The second-order valence-electron chi connectivity index (χ2n) is 3.11. The quantitative estimate of drug-likeness (QED) is 0.794. The van der Waals surface area contributed by atoms with Gasteiger partial charge >= 0.3 is 0 Å². The smallest absolute Gasteiger partial charge is 0.276 e. The molecular formula is C10H8Cl2N2OS. The highest BCUT2D eigenvalue weighted by Crippen LogP contribution is 2.27. The van der Waals surface area contributed by atoms with E-state index in [0.29, 0.717) is 26.9 Å². The third-order valence-corrected chi connectivity index (χ3v) is 3.33. The molecule has 1 heterocycles.